The van der Waals surface area contributed by atoms with Crippen molar-refractivity contribution < 1.29 is 13.2 Å². The van der Waals surface area contributed by atoms with Crippen molar-refractivity contribution in [1.82, 2.24) is 0 Å². The van der Waals surface area contributed by atoms with E-state index in [1.54, 1.807) is 36.4 Å². The Morgan fingerprint density at radius 2 is 1.86 bits per heavy atom. The van der Waals surface area contributed by atoms with Gasteiger partial charge in [0.15, 0.2) is 0 Å². The number of benzene rings is 2. The monoisotopic (exact) mass is 326 g/mol. The number of sulfonamides is 1. The summed E-state index contributed by atoms with van der Waals surface area (Å²) in [6, 6.07) is 11.4. The maximum Gasteiger partial charge on any atom is 0.237 e. The number of ether oxygens (including phenoxy) is 1. The Bertz CT molecular complexity index is 730. The summed E-state index contributed by atoms with van der Waals surface area (Å²) in [5.41, 5.74) is 7.10. The molecule has 0 aliphatic heterocycles. The third-order valence-electron chi connectivity index (χ3n) is 2.76. The van der Waals surface area contributed by atoms with Crippen LogP contribution in [0.25, 0.3) is 0 Å². The lowest BCUT2D eigenvalue weighted by Crippen LogP contribution is -2.15. The molecule has 0 bridgehead atoms. The van der Waals surface area contributed by atoms with Gasteiger partial charge in [-0.25, -0.2) is 8.42 Å². The molecule has 0 fully saturated rings. The van der Waals surface area contributed by atoms with Gasteiger partial charge in [-0.05, 0) is 35.9 Å². The molecule has 0 spiro atoms. The number of nitrogen functional groups attached to an aromatic ring is 1. The van der Waals surface area contributed by atoms with Gasteiger partial charge in [0.1, 0.15) is 5.75 Å². The van der Waals surface area contributed by atoms with Gasteiger partial charge in [-0.1, -0.05) is 23.7 Å². The Labute approximate surface area is 128 Å². The molecule has 5 nitrogen and oxygen atoms in total. The Morgan fingerprint density at radius 1 is 1.19 bits per heavy atom. The molecule has 112 valence electrons. The van der Waals surface area contributed by atoms with E-state index in [0.29, 0.717) is 27.7 Å². The molecule has 0 saturated heterocycles. The molecular weight excluding hydrogens is 312 g/mol. The van der Waals surface area contributed by atoms with Crippen molar-refractivity contribution in [1.29, 1.82) is 0 Å². The second-order valence-corrected chi connectivity index (χ2v) is 6.61. The molecule has 0 amide bonds. The third-order valence-corrected chi connectivity index (χ3v) is 4.24. The summed E-state index contributed by atoms with van der Waals surface area (Å²) in [4.78, 5) is 0. The maximum absolute atomic E-state index is 12.2. The highest BCUT2D eigenvalue weighted by atomic mass is 35.5. The zero-order chi connectivity index (χ0) is 15.5. The number of halogens is 1. The van der Waals surface area contributed by atoms with E-state index < -0.39 is 10.0 Å². The quantitative estimate of drug-likeness (QED) is 0.828. The largest absolute Gasteiger partial charge is 0.495 e. The Balaban J connectivity index is 2.21. The number of anilines is 2. The van der Waals surface area contributed by atoms with Crippen LogP contribution in [0.1, 0.15) is 5.56 Å². The van der Waals surface area contributed by atoms with Crippen molar-refractivity contribution in [2.24, 2.45) is 0 Å². The second kappa shape index (κ2) is 6.24. The molecule has 0 aromatic heterocycles. The molecule has 21 heavy (non-hydrogen) atoms. The first-order chi connectivity index (χ1) is 9.89. The lowest BCUT2D eigenvalue weighted by molar-refractivity contribution is 0.417. The lowest BCUT2D eigenvalue weighted by atomic mass is 10.2. The molecular formula is C14H15ClN2O3S. The van der Waals surface area contributed by atoms with E-state index >= 15 is 0 Å². The standard InChI is InChI=1S/C14H15ClN2O3S/c1-20-14-7-4-11(15)8-13(14)17-21(18,19)9-10-2-5-12(16)6-3-10/h2-8,17H,9,16H2,1H3. The minimum atomic E-state index is -3.58. The van der Waals surface area contributed by atoms with Gasteiger partial charge in [0.25, 0.3) is 0 Å². The van der Waals surface area contributed by atoms with Crippen LogP contribution in [0.15, 0.2) is 42.5 Å². The van der Waals surface area contributed by atoms with E-state index in [1.165, 1.54) is 13.2 Å². The molecule has 0 unspecified atom stereocenters. The molecule has 3 N–H and O–H groups in total. The van der Waals surface area contributed by atoms with Crippen molar-refractivity contribution >= 4 is 33.0 Å². The minimum absolute atomic E-state index is 0.164. The third kappa shape index (κ3) is 4.27. The summed E-state index contributed by atoms with van der Waals surface area (Å²) < 4.78 is 32.0. The van der Waals surface area contributed by atoms with E-state index in [-0.39, 0.29) is 5.75 Å². The maximum atomic E-state index is 12.2. The molecule has 0 radical (unpaired) electrons. The van der Waals surface area contributed by atoms with Gasteiger partial charge in [0, 0.05) is 10.7 Å². The van der Waals surface area contributed by atoms with Crippen LogP contribution in [0.3, 0.4) is 0 Å². The van der Waals surface area contributed by atoms with Gasteiger partial charge >= 0.3 is 0 Å². The first-order valence-corrected chi connectivity index (χ1v) is 8.11. The first-order valence-electron chi connectivity index (χ1n) is 6.08. The summed E-state index contributed by atoms with van der Waals surface area (Å²) in [6.07, 6.45) is 0. The number of rotatable bonds is 5. The van der Waals surface area contributed by atoms with E-state index in [2.05, 4.69) is 4.72 Å². The lowest BCUT2D eigenvalue weighted by Gasteiger charge is -2.12. The van der Waals surface area contributed by atoms with Crippen LogP contribution in [-0.2, 0) is 15.8 Å². The van der Waals surface area contributed by atoms with Crippen LogP contribution in [0.4, 0.5) is 11.4 Å². The van der Waals surface area contributed by atoms with Gasteiger partial charge in [0.2, 0.25) is 10.0 Å². The van der Waals surface area contributed by atoms with E-state index in [9.17, 15) is 8.42 Å². The van der Waals surface area contributed by atoms with E-state index in [1.807, 2.05) is 0 Å². The van der Waals surface area contributed by atoms with Crippen molar-refractivity contribution in [3.8, 4) is 5.75 Å². The molecule has 0 aliphatic carbocycles. The molecule has 0 saturated carbocycles. The molecule has 0 atom stereocenters. The highest BCUT2D eigenvalue weighted by Crippen LogP contribution is 2.29. The van der Waals surface area contributed by atoms with E-state index in [0.717, 1.165) is 0 Å². The van der Waals surface area contributed by atoms with Crippen molar-refractivity contribution in [3.05, 3.63) is 53.1 Å². The SMILES string of the molecule is COc1ccc(Cl)cc1NS(=O)(=O)Cc1ccc(N)cc1. The fourth-order valence-electron chi connectivity index (χ4n) is 1.80. The van der Waals surface area contributed by atoms with Gasteiger partial charge in [-0.15, -0.1) is 0 Å². The summed E-state index contributed by atoms with van der Waals surface area (Å²) in [5.74, 6) is 0.239. The van der Waals surface area contributed by atoms with E-state index in [4.69, 9.17) is 22.1 Å². The van der Waals surface area contributed by atoms with Crippen molar-refractivity contribution in [3.63, 3.8) is 0 Å². The van der Waals surface area contributed by atoms with Crippen LogP contribution in [0.5, 0.6) is 5.75 Å². The molecule has 7 heteroatoms. The molecule has 0 heterocycles. The van der Waals surface area contributed by atoms with Gasteiger partial charge < -0.3 is 10.5 Å². The summed E-state index contributed by atoms with van der Waals surface area (Å²) in [6.45, 7) is 0. The summed E-state index contributed by atoms with van der Waals surface area (Å²) in [7, 11) is -2.12. The Hall–Kier alpha value is -1.92. The highest BCUT2D eigenvalue weighted by molar-refractivity contribution is 7.91. The van der Waals surface area contributed by atoms with Crippen LogP contribution in [-0.4, -0.2) is 15.5 Å². The molecule has 2 aromatic carbocycles. The van der Waals surface area contributed by atoms with Crippen LogP contribution < -0.4 is 15.2 Å². The zero-order valence-corrected chi connectivity index (χ0v) is 12.9. The van der Waals surface area contributed by atoms with Crippen LogP contribution >= 0.6 is 11.6 Å². The molecule has 2 aromatic rings. The summed E-state index contributed by atoms with van der Waals surface area (Å²) >= 11 is 5.88. The minimum Gasteiger partial charge on any atom is -0.495 e. The zero-order valence-electron chi connectivity index (χ0n) is 11.3. The summed E-state index contributed by atoms with van der Waals surface area (Å²) in [5, 5.41) is 0.418. The Morgan fingerprint density at radius 3 is 2.48 bits per heavy atom. The van der Waals surface area contributed by atoms with Crippen LogP contribution in [0, 0.1) is 0 Å². The normalized spacial score (nSPS) is 11.1. The number of nitrogens with one attached hydrogen (secondary N) is 1. The second-order valence-electron chi connectivity index (χ2n) is 4.45. The highest BCUT2D eigenvalue weighted by Gasteiger charge is 2.15. The van der Waals surface area contributed by atoms with Crippen molar-refractivity contribution in [2.45, 2.75) is 5.75 Å². The van der Waals surface area contributed by atoms with Crippen LogP contribution in [0.2, 0.25) is 5.02 Å². The topological polar surface area (TPSA) is 81.4 Å². The fourth-order valence-corrected chi connectivity index (χ4v) is 3.17. The number of hydrogen-bond acceptors (Lipinski definition) is 4. The molecule has 2 rings (SSSR count). The average Bonchev–Trinajstić information content (AvgIpc) is 2.41. The predicted molar refractivity (Wildman–Crippen MR) is 85.1 cm³/mol. The number of hydrogen-bond donors (Lipinski definition) is 2. The average molecular weight is 327 g/mol. The number of nitrogens with two attached hydrogens (primary N) is 1. The molecule has 0 aliphatic rings. The van der Waals surface area contributed by atoms with Gasteiger partial charge in [0.05, 0.1) is 18.6 Å². The first kappa shape index (κ1) is 15.5. The van der Waals surface area contributed by atoms with Gasteiger partial charge in [-0.2, -0.15) is 0 Å². The smallest absolute Gasteiger partial charge is 0.237 e. The van der Waals surface area contributed by atoms with Crippen molar-refractivity contribution in [2.75, 3.05) is 17.6 Å². The predicted octanol–water partition coefficient (Wildman–Crippen LogP) is 2.87. The Kier molecular flexibility index (Phi) is 4.59. The number of methoxy groups -OCH3 is 1. The fraction of sp³-hybridized carbons (Fsp3) is 0.143. The van der Waals surface area contributed by atoms with Gasteiger partial charge in [-0.3, -0.25) is 4.72 Å².